The third-order valence-corrected chi connectivity index (χ3v) is 21.5. The second kappa shape index (κ2) is 15.9. The fourth-order valence-corrected chi connectivity index (χ4v) is 17.9. The predicted molar refractivity (Wildman–Crippen MR) is 246 cm³/mol. The highest BCUT2D eigenvalue weighted by atomic mass is 28.3. The van der Waals surface area contributed by atoms with Crippen LogP contribution in [0.15, 0.2) is 30.3 Å². The molecule has 5 aliphatic heterocycles. The van der Waals surface area contributed by atoms with Crippen molar-refractivity contribution in [2.24, 2.45) is 5.92 Å². The van der Waals surface area contributed by atoms with E-state index < -0.39 is 37.0 Å². The van der Waals surface area contributed by atoms with Crippen LogP contribution in [0, 0.1) is 29.0 Å². The zero-order valence-corrected chi connectivity index (χ0v) is 39.6. The van der Waals surface area contributed by atoms with Crippen molar-refractivity contribution < 1.29 is 27.4 Å². The second-order valence-electron chi connectivity index (χ2n) is 21.1. The number of aromatic nitrogens is 3. The van der Waals surface area contributed by atoms with E-state index >= 15 is 8.78 Å². The average Bonchev–Trinajstić information content (AvgIpc) is 3.82. The molecular weight excluding hydrogens is 818 g/mol. The van der Waals surface area contributed by atoms with Gasteiger partial charge in [0.25, 0.3) is 0 Å². The molecule has 9 rings (SSSR count). The number of anilines is 1. The standard InChI is InChI=1S/C50H63F3N6O3Si/c1-28(2)63(29(3)4,30(5)6)22-19-35-37(52)17-15-32-13-11-14-36(40(32)35)43-42(53)44-41-38(54-43)23-31(7)45-39-18-16-34(59(39)48(60)62-49(8,9)10)26-58(45)46(41)56-47(55-44)61-27-50-20-12-21-57(50)25-33(51)24-50/h11,13-15,17,28-31,33-34,39,45H,12,16,18,20-21,23-27H2,1-10H3/t31-,33+,34+,39-,45+,50-/m0/s1. The van der Waals surface area contributed by atoms with E-state index in [9.17, 15) is 9.18 Å². The number of benzene rings is 2. The summed E-state index contributed by atoms with van der Waals surface area (Å²) in [6.45, 7) is 23.0. The molecule has 2 aromatic carbocycles. The van der Waals surface area contributed by atoms with E-state index in [1.54, 1.807) is 12.1 Å². The van der Waals surface area contributed by atoms with Gasteiger partial charge < -0.3 is 14.4 Å². The Hall–Kier alpha value is -4.41. The van der Waals surface area contributed by atoms with Crippen LogP contribution in [0.2, 0.25) is 16.6 Å². The Morgan fingerprint density at radius 1 is 0.984 bits per heavy atom. The minimum Gasteiger partial charge on any atom is -0.461 e. The topological polar surface area (TPSA) is 83.9 Å². The van der Waals surface area contributed by atoms with Crippen molar-refractivity contribution in [3.8, 4) is 28.7 Å². The van der Waals surface area contributed by atoms with Gasteiger partial charge in [0.05, 0.1) is 40.3 Å². The molecule has 2 bridgehead atoms. The van der Waals surface area contributed by atoms with E-state index in [0.717, 1.165) is 37.6 Å². The highest BCUT2D eigenvalue weighted by molar-refractivity contribution is 6.90. The molecule has 4 aromatic rings. The lowest BCUT2D eigenvalue weighted by molar-refractivity contribution is 0.00489. The van der Waals surface area contributed by atoms with Crippen LogP contribution >= 0.6 is 0 Å². The zero-order valence-electron chi connectivity index (χ0n) is 38.6. The molecule has 13 heteroatoms. The van der Waals surface area contributed by atoms with Crippen molar-refractivity contribution in [3.05, 3.63) is 53.2 Å². The number of hydrogen-bond donors (Lipinski definition) is 0. The first-order valence-corrected chi connectivity index (χ1v) is 25.5. The Balaban J connectivity index is 1.23. The molecule has 63 heavy (non-hydrogen) atoms. The summed E-state index contributed by atoms with van der Waals surface area (Å²) in [5.74, 6) is 2.75. The van der Waals surface area contributed by atoms with Crippen molar-refractivity contribution in [3.63, 3.8) is 0 Å². The lowest BCUT2D eigenvalue weighted by Gasteiger charge is -2.49. The van der Waals surface area contributed by atoms with Crippen LogP contribution in [-0.4, -0.2) is 101 Å². The molecule has 0 spiro atoms. The number of amides is 1. The number of halogens is 3. The fourth-order valence-electron chi connectivity index (χ4n) is 12.7. The van der Waals surface area contributed by atoms with Crippen LogP contribution in [-0.2, 0) is 11.2 Å². The van der Waals surface area contributed by atoms with E-state index in [2.05, 4.69) is 69.7 Å². The molecular formula is C50H63F3N6O3Si. The molecule has 0 unspecified atom stereocenters. The van der Waals surface area contributed by atoms with Gasteiger partial charge in [-0.1, -0.05) is 78.7 Å². The number of pyridine rings is 1. The van der Waals surface area contributed by atoms with Gasteiger partial charge in [-0.2, -0.15) is 9.97 Å². The molecule has 4 fully saturated rings. The largest absolute Gasteiger partial charge is 0.461 e. The molecule has 0 radical (unpaired) electrons. The van der Waals surface area contributed by atoms with Crippen LogP contribution in [0.5, 0.6) is 6.01 Å². The van der Waals surface area contributed by atoms with Gasteiger partial charge in [0.2, 0.25) is 0 Å². The molecule has 7 heterocycles. The molecule has 336 valence electrons. The highest BCUT2D eigenvalue weighted by Crippen LogP contribution is 2.48. The minimum absolute atomic E-state index is 0.0196. The van der Waals surface area contributed by atoms with Gasteiger partial charge in [-0.3, -0.25) is 9.80 Å². The van der Waals surface area contributed by atoms with E-state index in [0.29, 0.717) is 70.4 Å². The summed E-state index contributed by atoms with van der Waals surface area (Å²) >= 11 is 0. The Kier molecular flexibility index (Phi) is 11.1. The first-order chi connectivity index (χ1) is 29.8. The van der Waals surface area contributed by atoms with Crippen LogP contribution in [0.1, 0.15) is 113 Å². The van der Waals surface area contributed by atoms with Crippen LogP contribution in [0.3, 0.4) is 0 Å². The number of fused-ring (bicyclic) bond motifs is 7. The van der Waals surface area contributed by atoms with Crippen LogP contribution in [0.25, 0.3) is 32.9 Å². The third-order valence-electron chi connectivity index (χ3n) is 15.3. The molecule has 0 saturated carbocycles. The van der Waals surface area contributed by atoms with Crippen molar-refractivity contribution in [1.29, 1.82) is 0 Å². The van der Waals surface area contributed by atoms with E-state index in [1.807, 2.05) is 37.8 Å². The quantitative estimate of drug-likeness (QED) is 0.134. The summed E-state index contributed by atoms with van der Waals surface area (Å²) in [5, 5.41) is 1.76. The number of nitrogens with zero attached hydrogens (tertiary/aromatic N) is 6. The Morgan fingerprint density at radius 2 is 1.73 bits per heavy atom. The maximum atomic E-state index is 18.0. The first kappa shape index (κ1) is 43.8. The number of piperazine rings is 1. The van der Waals surface area contributed by atoms with Crippen LogP contribution < -0.4 is 9.64 Å². The van der Waals surface area contributed by atoms with Gasteiger partial charge >= 0.3 is 12.1 Å². The molecule has 2 aromatic heterocycles. The number of carbonyl (C=O) groups is 1. The van der Waals surface area contributed by atoms with E-state index in [-0.39, 0.29) is 59.5 Å². The number of alkyl halides is 1. The normalized spacial score (nSPS) is 25.8. The Labute approximate surface area is 371 Å². The van der Waals surface area contributed by atoms with Crippen molar-refractivity contribution in [2.75, 3.05) is 31.1 Å². The molecule has 1 amide bonds. The summed E-state index contributed by atoms with van der Waals surface area (Å²) in [6, 6.07) is 8.26. The SMILES string of the molecule is CC(C)[Si](C#Cc1c(F)ccc2cccc(-c3nc4c5c(nc(OC[C@@]67CCCN6C[C@H](F)C7)nc5c3F)N3C[C@H]5CC[C@@H]([C@H]3[C@@H](C)C4)N5C(=O)OC(C)(C)C)c12)(C(C)C)C(C)C. The monoisotopic (exact) mass is 880 g/mol. The third kappa shape index (κ3) is 7.26. The summed E-state index contributed by atoms with van der Waals surface area (Å²) in [6.07, 6.45) is 2.90. The predicted octanol–water partition coefficient (Wildman–Crippen LogP) is 10.8. The molecule has 5 aliphatic rings. The number of carbonyl (C=O) groups excluding carboxylic acids is 1. The summed E-state index contributed by atoms with van der Waals surface area (Å²) in [5.41, 5.74) is 5.04. The van der Waals surface area contributed by atoms with Gasteiger partial charge in [0, 0.05) is 30.5 Å². The molecule has 6 atom stereocenters. The molecule has 0 N–H and O–H groups in total. The number of rotatable bonds is 7. The molecule has 4 saturated heterocycles. The van der Waals surface area contributed by atoms with Gasteiger partial charge in [0.1, 0.15) is 49.3 Å². The van der Waals surface area contributed by atoms with E-state index in [1.165, 1.54) is 6.07 Å². The molecule has 9 nitrogen and oxygen atoms in total. The first-order valence-electron chi connectivity index (χ1n) is 23.3. The van der Waals surface area contributed by atoms with Crippen molar-refractivity contribution in [2.45, 2.75) is 160 Å². The number of hydrogen-bond acceptors (Lipinski definition) is 8. The van der Waals surface area contributed by atoms with Crippen molar-refractivity contribution >= 4 is 41.7 Å². The van der Waals surface area contributed by atoms with E-state index in [4.69, 9.17) is 24.4 Å². The smallest absolute Gasteiger partial charge is 0.410 e. The summed E-state index contributed by atoms with van der Waals surface area (Å²) in [4.78, 5) is 35.4. The maximum absolute atomic E-state index is 18.0. The highest BCUT2D eigenvalue weighted by Gasteiger charge is 2.54. The van der Waals surface area contributed by atoms with Gasteiger partial charge in [-0.15, -0.1) is 5.54 Å². The van der Waals surface area contributed by atoms with Gasteiger partial charge in [0.15, 0.2) is 5.82 Å². The molecule has 0 aliphatic carbocycles. The number of ether oxygens (including phenoxy) is 2. The Bertz CT molecular complexity index is 2510. The maximum Gasteiger partial charge on any atom is 0.410 e. The Morgan fingerprint density at radius 3 is 2.44 bits per heavy atom. The minimum atomic E-state index is -2.28. The lowest BCUT2D eigenvalue weighted by Crippen LogP contribution is -2.63. The second-order valence-corrected chi connectivity index (χ2v) is 26.7. The van der Waals surface area contributed by atoms with Gasteiger partial charge in [-0.25, -0.2) is 22.9 Å². The fraction of sp³-hybridized carbons (Fsp3) is 0.600. The average molecular weight is 881 g/mol. The zero-order chi connectivity index (χ0) is 44.9. The van der Waals surface area contributed by atoms with Gasteiger partial charge in [-0.05, 0) is 93.4 Å². The lowest BCUT2D eigenvalue weighted by atomic mass is 9.88. The van der Waals surface area contributed by atoms with Crippen LogP contribution in [0.4, 0.5) is 23.8 Å². The van der Waals surface area contributed by atoms with Crippen molar-refractivity contribution in [1.82, 2.24) is 24.8 Å². The summed E-state index contributed by atoms with van der Waals surface area (Å²) < 4.78 is 61.7. The summed E-state index contributed by atoms with van der Waals surface area (Å²) in [7, 11) is -2.28.